The molecule has 1 heterocycles. The van der Waals surface area contributed by atoms with Gasteiger partial charge in [0, 0.05) is 11.6 Å². The van der Waals surface area contributed by atoms with E-state index in [1.807, 2.05) is 13.8 Å². The Morgan fingerprint density at radius 2 is 1.68 bits per heavy atom. The van der Waals surface area contributed by atoms with Crippen LogP contribution in [0.4, 0.5) is 0 Å². The minimum Gasteiger partial charge on any atom is -0.508 e. The normalized spacial score (nSPS) is 18.6. The van der Waals surface area contributed by atoms with Gasteiger partial charge in [-0.3, -0.25) is 0 Å². The smallest absolute Gasteiger partial charge is 0.115 e. The van der Waals surface area contributed by atoms with E-state index in [4.69, 9.17) is 5.26 Å². The third kappa shape index (κ3) is 2.17. The van der Waals surface area contributed by atoms with E-state index in [1.54, 1.807) is 24.3 Å². The molecule has 0 aromatic heterocycles. The number of allylic oxidation sites excluding steroid dienone is 3. The van der Waals surface area contributed by atoms with Crippen molar-refractivity contribution in [2.24, 2.45) is 5.92 Å². The summed E-state index contributed by atoms with van der Waals surface area (Å²) >= 11 is 0. The van der Waals surface area contributed by atoms with Crippen LogP contribution < -0.4 is 5.32 Å². The number of dihydropyridines is 1. The summed E-state index contributed by atoms with van der Waals surface area (Å²) in [5, 5.41) is 30.9. The first-order chi connectivity index (χ1) is 9.08. The Morgan fingerprint density at radius 3 is 2.21 bits per heavy atom. The summed E-state index contributed by atoms with van der Waals surface area (Å²) in [5.74, 6) is -0.0447. The topological polar surface area (TPSA) is 79.8 Å². The fraction of sp³-hybridized carbons (Fsp3) is 0.200. The van der Waals surface area contributed by atoms with E-state index >= 15 is 0 Å². The van der Waals surface area contributed by atoms with Gasteiger partial charge in [0.05, 0.1) is 29.0 Å². The lowest BCUT2D eigenvalue weighted by Crippen LogP contribution is -2.23. The maximum absolute atomic E-state index is 9.32. The van der Waals surface area contributed by atoms with Gasteiger partial charge in [0.2, 0.25) is 0 Å². The second-order valence-electron chi connectivity index (χ2n) is 4.44. The van der Waals surface area contributed by atoms with Gasteiger partial charge in [-0.1, -0.05) is 6.92 Å². The molecule has 0 bridgehead atoms. The molecule has 1 aliphatic rings. The number of aromatic hydroxyl groups is 1. The van der Waals surface area contributed by atoms with Crippen LogP contribution in [0, 0.1) is 28.6 Å². The molecule has 0 saturated heterocycles. The Hall–Kier alpha value is -2.72. The average molecular weight is 251 g/mol. The largest absolute Gasteiger partial charge is 0.508 e. The van der Waals surface area contributed by atoms with Gasteiger partial charge in [-0.2, -0.15) is 10.5 Å². The van der Waals surface area contributed by atoms with Crippen molar-refractivity contribution in [1.82, 2.24) is 5.32 Å². The fourth-order valence-electron chi connectivity index (χ4n) is 2.20. The van der Waals surface area contributed by atoms with Gasteiger partial charge < -0.3 is 10.4 Å². The molecule has 0 aliphatic carbocycles. The zero-order valence-corrected chi connectivity index (χ0v) is 10.7. The molecule has 0 amide bonds. The van der Waals surface area contributed by atoms with Gasteiger partial charge in [-0.25, -0.2) is 0 Å². The van der Waals surface area contributed by atoms with Gasteiger partial charge in [-0.15, -0.1) is 0 Å². The van der Waals surface area contributed by atoms with Gasteiger partial charge in [-0.05, 0) is 36.8 Å². The predicted molar refractivity (Wildman–Crippen MR) is 71.3 cm³/mol. The number of hydrogen-bond donors (Lipinski definition) is 2. The molecular weight excluding hydrogens is 238 g/mol. The van der Waals surface area contributed by atoms with Crippen LogP contribution in [0.5, 0.6) is 5.75 Å². The number of nitrogens with zero attached hydrogens (tertiary/aromatic N) is 2. The Bertz CT molecular complexity index is 654. The average Bonchev–Trinajstić information content (AvgIpc) is 2.39. The SMILES string of the molecule is CC1=C(C#N)[C@@H](C)C(C#N)=C(c2ccc(O)cc2)N1. The molecule has 2 N–H and O–H groups in total. The van der Waals surface area contributed by atoms with Gasteiger partial charge in [0.15, 0.2) is 0 Å². The van der Waals surface area contributed by atoms with Crippen molar-refractivity contribution in [3.63, 3.8) is 0 Å². The molecule has 4 heteroatoms. The van der Waals surface area contributed by atoms with Crippen LogP contribution in [0.25, 0.3) is 5.70 Å². The van der Waals surface area contributed by atoms with E-state index in [0.29, 0.717) is 16.8 Å². The predicted octanol–water partition coefficient (Wildman–Crippen LogP) is 2.66. The first-order valence-electron chi connectivity index (χ1n) is 5.90. The molecule has 0 unspecified atom stereocenters. The molecule has 0 saturated carbocycles. The van der Waals surface area contributed by atoms with E-state index in [2.05, 4.69) is 17.5 Å². The highest BCUT2D eigenvalue weighted by atomic mass is 16.3. The second kappa shape index (κ2) is 4.88. The highest BCUT2D eigenvalue weighted by Crippen LogP contribution is 2.32. The van der Waals surface area contributed by atoms with Crippen LogP contribution in [0.2, 0.25) is 0 Å². The molecule has 1 aromatic carbocycles. The number of nitriles is 2. The van der Waals surface area contributed by atoms with Gasteiger partial charge in [0.25, 0.3) is 0 Å². The van der Waals surface area contributed by atoms with E-state index in [9.17, 15) is 10.4 Å². The number of benzene rings is 1. The Balaban J connectivity index is 2.54. The minimum absolute atomic E-state index is 0.177. The van der Waals surface area contributed by atoms with Crippen LogP contribution >= 0.6 is 0 Å². The summed E-state index contributed by atoms with van der Waals surface area (Å²) in [5.41, 5.74) is 3.40. The monoisotopic (exact) mass is 251 g/mol. The third-order valence-electron chi connectivity index (χ3n) is 3.25. The summed E-state index contributed by atoms with van der Waals surface area (Å²) in [6.45, 7) is 3.67. The van der Waals surface area contributed by atoms with E-state index < -0.39 is 0 Å². The van der Waals surface area contributed by atoms with Crippen LogP contribution in [0.3, 0.4) is 0 Å². The quantitative estimate of drug-likeness (QED) is 0.804. The zero-order valence-electron chi connectivity index (χ0n) is 10.7. The molecule has 4 nitrogen and oxygen atoms in total. The maximum atomic E-state index is 9.32. The molecule has 1 aromatic rings. The number of nitrogens with one attached hydrogen (secondary N) is 1. The zero-order chi connectivity index (χ0) is 14.0. The van der Waals surface area contributed by atoms with Crippen LogP contribution in [-0.4, -0.2) is 5.11 Å². The number of rotatable bonds is 1. The Labute approximate surface area is 111 Å². The van der Waals surface area contributed by atoms with Gasteiger partial charge >= 0.3 is 0 Å². The molecule has 0 radical (unpaired) electrons. The summed E-state index contributed by atoms with van der Waals surface area (Å²) in [7, 11) is 0. The summed E-state index contributed by atoms with van der Waals surface area (Å²) in [6, 6.07) is 10.9. The fourth-order valence-corrected chi connectivity index (χ4v) is 2.20. The van der Waals surface area contributed by atoms with Gasteiger partial charge in [0.1, 0.15) is 5.75 Å². The van der Waals surface area contributed by atoms with E-state index in [1.165, 1.54) is 0 Å². The van der Waals surface area contributed by atoms with Crippen molar-refractivity contribution in [3.8, 4) is 17.9 Å². The van der Waals surface area contributed by atoms with Crippen LogP contribution in [0.1, 0.15) is 19.4 Å². The number of hydrogen-bond acceptors (Lipinski definition) is 4. The van der Waals surface area contributed by atoms with Crippen LogP contribution in [-0.2, 0) is 0 Å². The molecule has 1 aliphatic heterocycles. The van der Waals surface area contributed by atoms with Crippen molar-refractivity contribution >= 4 is 5.70 Å². The van der Waals surface area contributed by atoms with Crippen molar-refractivity contribution in [2.75, 3.05) is 0 Å². The Kier molecular flexibility index (Phi) is 3.27. The standard InChI is InChI=1S/C15H13N3O/c1-9-13(7-16)10(2)18-15(14(9)8-17)11-3-5-12(19)6-4-11/h3-6,9,18-19H,1-2H3/t9-/m1/s1. The number of phenols is 1. The molecule has 1 atom stereocenters. The summed E-state index contributed by atoms with van der Waals surface area (Å²) in [6.07, 6.45) is 0. The minimum atomic E-state index is -0.222. The van der Waals surface area contributed by atoms with E-state index in [-0.39, 0.29) is 11.7 Å². The van der Waals surface area contributed by atoms with Crippen molar-refractivity contribution in [3.05, 3.63) is 46.7 Å². The van der Waals surface area contributed by atoms with Crippen molar-refractivity contribution < 1.29 is 5.11 Å². The molecule has 0 spiro atoms. The molecular formula is C15H13N3O. The molecule has 94 valence electrons. The Morgan fingerprint density at radius 1 is 1.11 bits per heavy atom. The molecule has 2 rings (SSSR count). The first-order valence-corrected chi connectivity index (χ1v) is 5.90. The first kappa shape index (κ1) is 12.7. The highest BCUT2D eigenvalue weighted by molar-refractivity contribution is 5.75. The van der Waals surface area contributed by atoms with Crippen LogP contribution in [0.15, 0.2) is 41.1 Å². The summed E-state index contributed by atoms with van der Waals surface area (Å²) in [4.78, 5) is 0. The molecule has 19 heavy (non-hydrogen) atoms. The lowest BCUT2D eigenvalue weighted by atomic mass is 9.86. The lowest BCUT2D eigenvalue weighted by molar-refractivity contribution is 0.475. The van der Waals surface area contributed by atoms with Crippen molar-refractivity contribution in [1.29, 1.82) is 10.5 Å². The number of phenolic OH excluding ortho intramolecular Hbond substituents is 1. The molecule has 0 fully saturated rings. The maximum Gasteiger partial charge on any atom is 0.115 e. The third-order valence-corrected chi connectivity index (χ3v) is 3.25. The summed E-state index contributed by atoms with van der Waals surface area (Å²) < 4.78 is 0. The van der Waals surface area contributed by atoms with Crippen molar-refractivity contribution in [2.45, 2.75) is 13.8 Å². The second-order valence-corrected chi connectivity index (χ2v) is 4.44. The lowest BCUT2D eigenvalue weighted by Gasteiger charge is -2.25. The highest BCUT2D eigenvalue weighted by Gasteiger charge is 2.26. The van der Waals surface area contributed by atoms with E-state index in [0.717, 1.165) is 11.3 Å².